The van der Waals surface area contributed by atoms with E-state index in [2.05, 4.69) is 5.32 Å². The average Bonchev–Trinajstić information content (AvgIpc) is 2.44. The van der Waals surface area contributed by atoms with E-state index in [-0.39, 0.29) is 19.0 Å². The highest BCUT2D eigenvalue weighted by molar-refractivity contribution is 5.72. The van der Waals surface area contributed by atoms with Crippen LogP contribution in [-0.2, 0) is 16.0 Å². The second-order valence-electron chi connectivity index (χ2n) is 5.15. The van der Waals surface area contributed by atoms with Gasteiger partial charge in [0, 0.05) is 12.6 Å². The van der Waals surface area contributed by atoms with Crippen molar-refractivity contribution in [1.29, 1.82) is 0 Å². The summed E-state index contributed by atoms with van der Waals surface area (Å²) in [7, 11) is 0. The van der Waals surface area contributed by atoms with E-state index in [9.17, 15) is 9.90 Å². The molecule has 5 heteroatoms. The van der Waals surface area contributed by atoms with Crippen molar-refractivity contribution in [1.82, 2.24) is 5.32 Å². The van der Waals surface area contributed by atoms with Gasteiger partial charge < -0.3 is 19.9 Å². The van der Waals surface area contributed by atoms with Crippen LogP contribution in [0.15, 0.2) is 24.3 Å². The molecule has 0 aliphatic carbocycles. The number of nitrogens with one attached hydrogen (secondary N) is 1. The molecule has 0 saturated carbocycles. The Morgan fingerprint density at radius 1 is 1.29 bits per heavy atom. The molecular weight excluding hydrogens is 270 g/mol. The first-order chi connectivity index (χ1) is 10.0. The third-order valence-electron chi connectivity index (χ3n) is 2.78. The monoisotopic (exact) mass is 295 g/mol. The number of esters is 1. The second-order valence-corrected chi connectivity index (χ2v) is 5.15. The number of hydrogen-bond donors (Lipinski definition) is 2. The van der Waals surface area contributed by atoms with Gasteiger partial charge in [-0.15, -0.1) is 0 Å². The molecule has 0 fully saturated rings. The number of carbonyl (C=O) groups excluding carboxylic acids is 1. The van der Waals surface area contributed by atoms with Gasteiger partial charge in [-0.25, -0.2) is 0 Å². The topological polar surface area (TPSA) is 67.8 Å². The van der Waals surface area contributed by atoms with Gasteiger partial charge in [-0.2, -0.15) is 0 Å². The van der Waals surface area contributed by atoms with Gasteiger partial charge in [-0.1, -0.05) is 26.0 Å². The molecule has 0 saturated heterocycles. The largest absolute Gasteiger partial charge is 0.491 e. The highest BCUT2D eigenvalue weighted by Gasteiger charge is 2.07. The third-order valence-corrected chi connectivity index (χ3v) is 2.78. The van der Waals surface area contributed by atoms with Crippen molar-refractivity contribution in [3.63, 3.8) is 0 Å². The molecule has 0 radical (unpaired) electrons. The zero-order valence-corrected chi connectivity index (χ0v) is 13.0. The predicted octanol–water partition coefficient (Wildman–Crippen LogP) is 1.53. The zero-order valence-electron chi connectivity index (χ0n) is 13.0. The lowest BCUT2D eigenvalue weighted by atomic mass is 10.1. The van der Waals surface area contributed by atoms with Gasteiger partial charge in [0.15, 0.2) is 0 Å². The Labute approximate surface area is 126 Å². The summed E-state index contributed by atoms with van der Waals surface area (Å²) in [6.45, 7) is 6.96. The van der Waals surface area contributed by atoms with E-state index < -0.39 is 6.10 Å². The maximum Gasteiger partial charge on any atom is 0.310 e. The summed E-state index contributed by atoms with van der Waals surface area (Å²) in [6, 6.07) is 7.56. The molecule has 0 bridgehead atoms. The van der Waals surface area contributed by atoms with Gasteiger partial charge in [0.05, 0.1) is 13.0 Å². The molecule has 1 atom stereocenters. The highest BCUT2D eigenvalue weighted by atomic mass is 16.5. The van der Waals surface area contributed by atoms with E-state index >= 15 is 0 Å². The minimum Gasteiger partial charge on any atom is -0.491 e. The maximum atomic E-state index is 11.3. The highest BCUT2D eigenvalue weighted by Crippen LogP contribution is 2.13. The maximum absolute atomic E-state index is 11.3. The molecule has 1 aromatic carbocycles. The normalized spacial score (nSPS) is 12.2. The van der Waals surface area contributed by atoms with E-state index in [0.29, 0.717) is 24.9 Å². The summed E-state index contributed by atoms with van der Waals surface area (Å²) >= 11 is 0. The summed E-state index contributed by atoms with van der Waals surface area (Å²) in [6.07, 6.45) is -0.290. The van der Waals surface area contributed by atoms with Crippen LogP contribution in [-0.4, -0.2) is 43.0 Å². The molecule has 0 spiro atoms. The Hall–Kier alpha value is -1.59. The zero-order chi connectivity index (χ0) is 15.7. The molecule has 0 aliphatic heterocycles. The number of rotatable bonds is 9. The minimum absolute atomic E-state index is 0.233. The van der Waals surface area contributed by atoms with Crippen LogP contribution in [0.5, 0.6) is 5.75 Å². The Balaban J connectivity index is 2.35. The van der Waals surface area contributed by atoms with E-state index in [4.69, 9.17) is 9.47 Å². The van der Waals surface area contributed by atoms with Crippen LogP contribution in [0.4, 0.5) is 0 Å². The molecule has 21 heavy (non-hydrogen) atoms. The number of ether oxygens (including phenoxy) is 2. The summed E-state index contributed by atoms with van der Waals surface area (Å²) in [5.74, 6) is 0.438. The van der Waals surface area contributed by atoms with Gasteiger partial charge in [0.2, 0.25) is 0 Å². The summed E-state index contributed by atoms with van der Waals surface area (Å²) in [4.78, 5) is 11.3. The number of aliphatic hydroxyl groups excluding tert-OH is 1. The molecule has 1 aromatic rings. The van der Waals surface area contributed by atoms with Crippen LogP contribution in [0.3, 0.4) is 0 Å². The van der Waals surface area contributed by atoms with E-state index in [1.807, 2.05) is 26.0 Å². The fourth-order valence-electron chi connectivity index (χ4n) is 1.71. The van der Waals surface area contributed by atoms with Crippen molar-refractivity contribution in [2.75, 3.05) is 19.8 Å². The van der Waals surface area contributed by atoms with Crippen molar-refractivity contribution in [2.24, 2.45) is 0 Å². The van der Waals surface area contributed by atoms with Gasteiger partial charge in [0.25, 0.3) is 0 Å². The van der Waals surface area contributed by atoms with Crippen LogP contribution < -0.4 is 10.1 Å². The minimum atomic E-state index is -0.549. The van der Waals surface area contributed by atoms with Crippen LogP contribution in [0.25, 0.3) is 0 Å². The first kappa shape index (κ1) is 17.5. The standard InChI is InChI=1S/C16H25NO4/c1-4-20-16(19)9-13-5-7-15(8-6-13)21-11-14(18)10-17-12(2)3/h5-8,12,14,17-18H,4,9-11H2,1-3H3. The summed E-state index contributed by atoms with van der Waals surface area (Å²) in [5, 5.41) is 12.9. The van der Waals surface area contributed by atoms with Crippen LogP contribution in [0.2, 0.25) is 0 Å². The lowest BCUT2D eigenvalue weighted by molar-refractivity contribution is -0.142. The van der Waals surface area contributed by atoms with Crippen molar-refractivity contribution in [2.45, 2.75) is 39.3 Å². The van der Waals surface area contributed by atoms with Crippen molar-refractivity contribution in [3.8, 4) is 5.75 Å². The van der Waals surface area contributed by atoms with E-state index in [0.717, 1.165) is 5.56 Å². The quantitative estimate of drug-likeness (QED) is 0.676. The Morgan fingerprint density at radius 2 is 1.95 bits per heavy atom. The molecule has 1 rings (SSSR count). The van der Waals surface area contributed by atoms with Crippen LogP contribution in [0.1, 0.15) is 26.3 Å². The van der Waals surface area contributed by atoms with Crippen LogP contribution in [0, 0.1) is 0 Å². The lowest BCUT2D eigenvalue weighted by Gasteiger charge is -2.15. The molecule has 118 valence electrons. The SMILES string of the molecule is CCOC(=O)Cc1ccc(OCC(O)CNC(C)C)cc1. The van der Waals surface area contributed by atoms with Gasteiger partial charge >= 0.3 is 5.97 Å². The fraction of sp³-hybridized carbons (Fsp3) is 0.562. The van der Waals surface area contributed by atoms with E-state index in [1.165, 1.54) is 0 Å². The second kappa shape index (κ2) is 9.37. The Kier molecular flexibility index (Phi) is 7.79. The number of benzene rings is 1. The molecule has 1 unspecified atom stereocenters. The molecule has 0 aliphatic rings. The lowest BCUT2D eigenvalue weighted by Crippen LogP contribution is -2.35. The van der Waals surface area contributed by atoms with Gasteiger partial charge in [0.1, 0.15) is 18.5 Å². The molecular formula is C16H25NO4. The number of aliphatic hydroxyl groups is 1. The molecule has 0 aromatic heterocycles. The molecule has 0 heterocycles. The van der Waals surface area contributed by atoms with E-state index in [1.54, 1.807) is 19.1 Å². The number of hydrogen-bond acceptors (Lipinski definition) is 5. The van der Waals surface area contributed by atoms with Gasteiger partial charge in [-0.05, 0) is 24.6 Å². The first-order valence-corrected chi connectivity index (χ1v) is 7.30. The Morgan fingerprint density at radius 3 is 2.52 bits per heavy atom. The average molecular weight is 295 g/mol. The molecule has 2 N–H and O–H groups in total. The molecule has 0 amide bonds. The van der Waals surface area contributed by atoms with Crippen molar-refractivity contribution >= 4 is 5.97 Å². The fourth-order valence-corrected chi connectivity index (χ4v) is 1.71. The third kappa shape index (κ3) is 7.68. The van der Waals surface area contributed by atoms with Crippen molar-refractivity contribution < 1.29 is 19.4 Å². The smallest absolute Gasteiger partial charge is 0.310 e. The van der Waals surface area contributed by atoms with Crippen molar-refractivity contribution in [3.05, 3.63) is 29.8 Å². The van der Waals surface area contributed by atoms with Gasteiger partial charge in [-0.3, -0.25) is 4.79 Å². The summed E-state index contributed by atoms with van der Waals surface area (Å²) in [5.41, 5.74) is 0.878. The summed E-state index contributed by atoms with van der Waals surface area (Å²) < 4.78 is 10.4. The molecule has 5 nitrogen and oxygen atoms in total. The van der Waals surface area contributed by atoms with Crippen LogP contribution >= 0.6 is 0 Å². The Bertz CT molecular complexity index is 417. The first-order valence-electron chi connectivity index (χ1n) is 7.30. The predicted molar refractivity (Wildman–Crippen MR) is 81.4 cm³/mol. The number of carbonyl (C=O) groups is 1.